The molecule has 0 saturated carbocycles. The summed E-state index contributed by atoms with van der Waals surface area (Å²) in [5.74, 6) is 0. The lowest BCUT2D eigenvalue weighted by molar-refractivity contribution is -0.874. The largest absolute Gasteiger partial charge is 1.00 e. The molecule has 1 aliphatic rings. The molecule has 130 valence electrons. The number of quaternary nitrogens is 1. The highest BCUT2D eigenvalue weighted by Crippen LogP contribution is 2.38. The van der Waals surface area contributed by atoms with Gasteiger partial charge in [0, 0.05) is 0 Å². The summed E-state index contributed by atoms with van der Waals surface area (Å²) in [7, 11) is 6.56. The summed E-state index contributed by atoms with van der Waals surface area (Å²) in [5, 5.41) is 0. The predicted molar refractivity (Wildman–Crippen MR) is 92.3 cm³/mol. The Morgan fingerprint density at radius 2 is 1.42 bits per heavy atom. The van der Waals surface area contributed by atoms with Gasteiger partial charge in [0.15, 0.2) is 0 Å². The zero-order chi connectivity index (χ0) is 16.3. The van der Waals surface area contributed by atoms with E-state index in [1.54, 1.807) is 0 Å². The van der Waals surface area contributed by atoms with Crippen molar-refractivity contribution in [1.82, 2.24) is 0 Å². The number of rotatable bonds is 4. The maximum atomic E-state index is 6.68. The molecule has 1 aliphatic heterocycles. The minimum absolute atomic E-state index is 0. The first-order valence-electron chi connectivity index (χ1n) is 8.17. The first-order chi connectivity index (χ1) is 11.0. The number of benzene rings is 2. The third-order valence-corrected chi connectivity index (χ3v) is 4.21. The Morgan fingerprint density at radius 3 is 1.88 bits per heavy atom. The van der Waals surface area contributed by atoms with Gasteiger partial charge in [0.2, 0.25) is 0 Å². The van der Waals surface area contributed by atoms with Crippen molar-refractivity contribution < 1.29 is 37.9 Å². The van der Waals surface area contributed by atoms with E-state index in [0.29, 0.717) is 13.2 Å². The minimum Gasteiger partial charge on any atom is -1.00 e. The summed E-state index contributed by atoms with van der Waals surface area (Å²) < 4.78 is 13.6. The molecule has 0 unspecified atom stereocenters. The molecule has 1 saturated heterocycles. The minimum atomic E-state index is -0.527. The molecular weight excluding hydrogens is 413 g/mol. The Morgan fingerprint density at radius 1 is 0.917 bits per heavy atom. The Hall–Kier alpha value is -0.950. The highest BCUT2D eigenvalue weighted by atomic mass is 127. The summed E-state index contributed by atoms with van der Waals surface area (Å²) in [4.78, 5) is 0. The number of hydrogen-bond donors (Lipinski definition) is 0. The van der Waals surface area contributed by atoms with Crippen LogP contribution >= 0.6 is 0 Å². The average Bonchev–Trinajstić information content (AvgIpc) is 2.55. The lowest BCUT2D eigenvalue weighted by Gasteiger charge is -2.43. The molecule has 0 radical (unpaired) electrons. The van der Waals surface area contributed by atoms with Crippen LogP contribution in [0.4, 0.5) is 0 Å². The van der Waals surface area contributed by atoms with Gasteiger partial charge >= 0.3 is 0 Å². The highest BCUT2D eigenvalue weighted by Gasteiger charge is 2.42. The zero-order valence-electron chi connectivity index (χ0n) is 14.6. The Labute approximate surface area is 162 Å². The lowest BCUT2D eigenvalue weighted by Crippen LogP contribution is -3.00. The molecule has 0 aromatic heterocycles. The number of likely N-dealkylation sites (N-methyl/N-ethyl adjacent to an activating group) is 1. The molecule has 4 heteroatoms. The molecular formula is C20H26INO2. The van der Waals surface area contributed by atoms with Crippen LogP contribution in [-0.2, 0) is 15.1 Å². The van der Waals surface area contributed by atoms with Gasteiger partial charge in [-0.1, -0.05) is 60.7 Å². The normalized spacial score (nSPS) is 20.2. The van der Waals surface area contributed by atoms with E-state index in [9.17, 15) is 0 Å². The topological polar surface area (TPSA) is 18.5 Å². The molecule has 3 rings (SSSR count). The van der Waals surface area contributed by atoms with E-state index < -0.39 is 5.60 Å². The van der Waals surface area contributed by atoms with E-state index in [2.05, 4.69) is 69.7 Å². The van der Waals surface area contributed by atoms with E-state index in [1.807, 2.05) is 12.1 Å². The Bertz CT molecular complexity index is 586. The summed E-state index contributed by atoms with van der Waals surface area (Å²) >= 11 is 0. The van der Waals surface area contributed by atoms with Crippen molar-refractivity contribution in [2.75, 3.05) is 40.9 Å². The summed E-state index contributed by atoms with van der Waals surface area (Å²) in [6.07, 6.45) is 0.0733. The van der Waals surface area contributed by atoms with Gasteiger partial charge in [0.05, 0.1) is 34.4 Å². The van der Waals surface area contributed by atoms with Crippen LogP contribution < -0.4 is 24.0 Å². The third kappa shape index (κ3) is 4.36. The van der Waals surface area contributed by atoms with Crippen molar-refractivity contribution in [1.29, 1.82) is 0 Å². The molecule has 24 heavy (non-hydrogen) atoms. The summed E-state index contributed by atoms with van der Waals surface area (Å²) in [5.41, 5.74) is 1.77. The van der Waals surface area contributed by atoms with Crippen molar-refractivity contribution in [3.63, 3.8) is 0 Å². The molecule has 0 bridgehead atoms. The second-order valence-electron chi connectivity index (χ2n) is 7.29. The highest BCUT2D eigenvalue weighted by molar-refractivity contribution is 5.37. The van der Waals surface area contributed by atoms with Crippen LogP contribution in [0.5, 0.6) is 0 Å². The zero-order valence-corrected chi connectivity index (χ0v) is 16.8. The molecule has 1 atom stereocenters. The first kappa shape index (κ1) is 19.4. The van der Waals surface area contributed by atoms with E-state index in [1.165, 1.54) is 0 Å². The van der Waals surface area contributed by atoms with E-state index >= 15 is 0 Å². The van der Waals surface area contributed by atoms with Crippen molar-refractivity contribution >= 4 is 0 Å². The molecule has 1 heterocycles. The smallest absolute Gasteiger partial charge is 0.142 e. The van der Waals surface area contributed by atoms with Gasteiger partial charge in [0.25, 0.3) is 0 Å². The Kier molecular flexibility index (Phi) is 6.42. The van der Waals surface area contributed by atoms with Crippen LogP contribution in [0.2, 0.25) is 0 Å². The second kappa shape index (κ2) is 7.95. The number of nitrogens with zero attached hydrogens (tertiary/aromatic N) is 1. The molecule has 3 nitrogen and oxygen atoms in total. The summed E-state index contributed by atoms with van der Waals surface area (Å²) in [6, 6.07) is 20.8. The predicted octanol–water partition coefficient (Wildman–Crippen LogP) is 0.0558. The average molecular weight is 439 g/mol. The number of ether oxygens (including phenoxy) is 2. The van der Waals surface area contributed by atoms with E-state index in [-0.39, 0.29) is 30.1 Å². The van der Waals surface area contributed by atoms with Gasteiger partial charge in [0.1, 0.15) is 18.2 Å². The number of halogens is 1. The molecule has 2 aromatic rings. The molecule has 1 fully saturated rings. The molecule has 0 aliphatic carbocycles. The lowest BCUT2D eigenvalue weighted by atomic mass is 9.86. The van der Waals surface area contributed by atoms with Gasteiger partial charge in [-0.15, -0.1) is 0 Å². The maximum absolute atomic E-state index is 6.68. The van der Waals surface area contributed by atoms with Gasteiger partial charge in [-0.3, -0.25) is 0 Å². The van der Waals surface area contributed by atoms with Gasteiger partial charge in [-0.2, -0.15) is 0 Å². The molecule has 2 aromatic carbocycles. The molecule has 0 amide bonds. The number of hydrogen-bond acceptors (Lipinski definition) is 2. The van der Waals surface area contributed by atoms with Crippen LogP contribution in [-0.4, -0.2) is 51.5 Å². The van der Waals surface area contributed by atoms with E-state index in [0.717, 1.165) is 22.2 Å². The fraction of sp³-hybridized carbons (Fsp3) is 0.400. The first-order valence-corrected chi connectivity index (χ1v) is 8.17. The fourth-order valence-electron chi connectivity index (χ4n) is 3.27. The van der Waals surface area contributed by atoms with Gasteiger partial charge in [-0.25, -0.2) is 0 Å². The Balaban J connectivity index is 0.00000208. The quantitative estimate of drug-likeness (QED) is 0.496. The van der Waals surface area contributed by atoms with Gasteiger partial charge in [-0.05, 0) is 11.1 Å². The van der Waals surface area contributed by atoms with Crippen LogP contribution in [0.1, 0.15) is 11.1 Å². The SMILES string of the molecule is C[N+](C)(C)C[C@H]1COCC(c2ccccc2)(c2ccccc2)O1.[I-]. The monoisotopic (exact) mass is 439 g/mol. The van der Waals surface area contributed by atoms with Crippen molar-refractivity contribution in [3.8, 4) is 0 Å². The molecule has 0 N–H and O–H groups in total. The van der Waals surface area contributed by atoms with Crippen LogP contribution in [0.15, 0.2) is 60.7 Å². The van der Waals surface area contributed by atoms with Crippen LogP contribution in [0, 0.1) is 0 Å². The standard InChI is InChI=1S/C20H26NO2.HI/c1-21(2,3)14-19-15-22-16-20(23-19,17-10-6-4-7-11-17)18-12-8-5-9-13-18;/h4-13,19H,14-16H2,1-3H3;1H/q+1;/p-1/t19-;/m0./s1. The molecule has 0 spiro atoms. The van der Waals surface area contributed by atoms with Crippen molar-refractivity contribution in [3.05, 3.63) is 71.8 Å². The van der Waals surface area contributed by atoms with Crippen LogP contribution in [0.25, 0.3) is 0 Å². The third-order valence-electron chi connectivity index (χ3n) is 4.21. The van der Waals surface area contributed by atoms with E-state index in [4.69, 9.17) is 9.47 Å². The summed E-state index contributed by atoms with van der Waals surface area (Å²) in [6.45, 7) is 2.12. The second-order valence-corrected chi connectivity index (χ2v) is 7.29. The van der Waals surface area contributed by atoms with Crippen molar-refractivity contribution in [2.24, 2.45) is 0 Å². The van der Waals surface area contributed by atoms with Gasteiger partial charge < -0.3 is 37.9 Å². The van der Waals surface area contributed by atoms with Crippen molar-refractivity contribution in [2.45, 2.75) is 11.7 Å². The van der Waals surface area contributed by atoms with Crippen LogP contribution in [0.3, 0.4) is 0 Å². The maximum Gasteiger partial charge on any atom is 0.142 e. The fourth-order valence-corrected chi connectivity index (χ4v) is 3.27.